The molecule has 1 aliphatic carbocycles. The maximum absolute atomic E-state index is 14.2. The molecule has 8 nitrogen and oxygen atoms in total. The fourth-order valence-electron chi connectivity index (χ4n) is 2.96. The lowest BCUT2D eigenvalue weighted by molar-refractivity contribution is -0.131. The number of rotatable bonds is 5. The molecule has 4 rings (SSSR count). The van der Waals surface area contributed by atoms with Crippen LogP contribution in [0.25, 0.3) is 5.69 Å². The summed E-state index contributed by atoms with van der Waals surface area (Å²) in [5, 5.41) is 14.2. The number of aromatic nitrogens is 4. The van der Waals surface area contributed by atoms with E-state index in [2.05, 4.69) is 20.8 Å². The highest BCUT2D eigenvalue weighted by molar-refractivity contribution is 5.95. The summed E-state index contributed by atoms with van der Waals surface area (Å²) in [6.07, 6.45) is 3.23. The minimum absolute atomic E-state index is 0.00372. The molecule has 1 aliphatic heterocycles. The summed E-state index contributed by atoms with van der Waals surface area (Å²) in [4.78, 5) is 25.3. The van der Waals surface area contributed by atoms with Crippen LogP contribution in [0.1, 0.15) is 37.4 Å². The van der Waals surface area contributed by atoms with Gasteiger partial charge >= 0.3 is 0 Å². The standard InChI is InChI=1S/C16H17FN6O2/c17-12-6-5-11(18-14(24)9-22-7-1-2-15(22)25)8-13(12)23-16(10-3-4-10)19-20-21-23/h5-6,8,10H,1-4,7,9H2,(H,18,24). The Hall–Kier alpha value is -2.84. The zero-order chi connectivity index (χ0) is 17.4. The number of carbonyl (C=O) groups excluding carboxylic acids is 2. The molecule has 2 fully saturated rings. The molecule has 1 aromatic carbocycles. The van der Waals surface area contributed by atoms with E-state index in [0.717, 1.165) is 19.3 Å². The number of tetrazole rings is 1. The Morgan fingerprint density at radius 1 is 1.36 bits per heavy atom. The molecule has 2 amide bonds. The predicted octanol–water partition coefficient (Wildman–Crippen LogP) is 1.24. The molecule has 2 aromatic rings. The molecule has 0 spiro atoms. The van der Waals surface area contributed by atoms with E-state index >= 15 is 0 Å². The number of benzene rings is 1. The molecular formula is C16H17FN6O2. The van der Waals surface area contributed by atoms with Crippen LogP contribution in [0.2, 0.25) is 0 Å². The molecule has 0 atom stereocenters. The second-order valence-electron chi connectivity index (χ2n) is 6.36. The van der Waals surface area contributed by atoms with Crippen molar-refractivity contribution in [3.63, 3.8) is 0 Å². The van der Waals surface area contributed by atoms with Crippen molar-refractivity contribution >= 4 is 17.5 Å². The van der Waals surface area contributed by atoms with Gasteiger partial charge in [-0.15, -0.1) is 5.10 Å². The summed E-state index contributed by atoms with van der Waals surface area (Å²) >= 11 is 0. The van der Waals surface area contributed by atoms with E-state index in [4.69, 9.17) is 0 Å². The monoisotopic (exact) mass is 344 g/mol. The molecule has 1 saturated carbocycles. The Morgan fingerprint density at radius 3 is 2.92 bits per heavy atom. The van der Waals surface area contributed by atoms with Crippen LogP contribution in [0.5, 0.6) is 0 Å². The van der Waals surface area contributed by atoms with Gasteiger partial charge in [0.2, 0.25) is 11.8 Å². The van der Waals surface area contributed by atoms with Gasteiger partial charge in [0.1, 0.15) is 11.5 Å². The highest BCUT2D eigenvalue weighted by Crippen LogP contribution is 2.39. The van der Waals surface area contributed by atoms with Crippen LogP contribution >= 0.6 is 0 Å². The van der Waals surface area contributed by atoms with Crippen LogP contribution in [-0.4, -0.2) is 50.0 Å². The van der Waals surface area contributed by atoms with Crippen molar-refractivity contribution in [1.82, 2.24) is 25.1 Å². The summed E-state index contributed by atoms with van der Waals surface area (Å²) in [7, 11) is 0. The van der Waals surface area contributed by atoms with Crippen molar-refractivity contribution in [2.24, 2.45) is 0 Å². The third-order valence-corrected chi connectivity index (χ3v) is 4.40. The lowest BCUT2D eigenvalue weighted by Gasteiger charge is -2.15. The maximum atomic E-state index is 14.2. The predicted molar refractivity (Wildman–Crippen MR) is 85.5 cm³/mol. The fourth-order valence-corrected chi connectivity index (χ4v) is 2.96. The SMILES string of the molecule is O=C(CN1CCCC1=O)Nc1ccc(F)c(-n2nnnc2C2CC2)c1. The number of nitrogens with zero attached hydrogens (tertiary/aromatic N) is 5. The largest absolute Gasteiger partial charge is 0.333 e. The van der Waals surface area contributed by atoms with Crippen molar-refractivity contribution in [2.75, 3.05) is 18.4 Å². The third kappa shape index (κ3) is 3.21. The number of nitrogens with one attached hydrogen (secondary N) is 1. The molecule has 9 heteroatoms. The van der Waals surface area contributed by atoms with E-state index in [1.165, 1.54) is 27.8 Å². The molecule has 0 unspecified atom stereocenters. The molecule has 0 radical (unpaired) electrons. The number of hydrogen-bond acceptors (Lipinski definition) is 5. The Labute approximate surface area is 143 Å². The number of hydrogen-bond donors (Lipinski definition) is 1. The van der Waals surface area contributed by atoms with Gasteiger partial charge in [0, 0.05) is 24.6 Å². The Bertz CT molecular complexity index is 832. The molecule has 2 heterocycles. The van der Waals surface area contributed by atoms with Gasteiger partial charge in [0.25, 0.3) is 0 Å². The summed E-state index contributed by atoms with van der Waals surface area (Å²) in [5.41, 5.74) is 0.632. The van der Waals surface area contributed by atoms with Gasteiger partial charge in [-0.2, -0.15) is 4.68 Å². The van der Waals surface area contributed by atoms with Crippen molar-refractivity contribution in [3.8, 4) is 5.69 Å². The molecule has 2 aliphatic rings. The first-order chi connectivity index (χ1) is 12.1. The lowest BCUT2D eigenvalue weighted by Crippen LogP contribution is -2.33. The Balaban J connectivity index is 1.52. The van der Waals surface area contributed by atoms with Gasteiger partial charge in [-0.3, -0.25) is 9.59 Å². The molecule has 25 heavy (non-hydrogen) atoms. The van der Waals surface area contributed by atoms with Crippen molar-refractivity contribution in [2.45, 2.75) is 31.6 Å². The Morgan fingerprint density at radius 2 is 2.20 bits per heavy atom. The fraction of sp³-hybridized carbons (Fsp3) is 0.438. The van der Waals surface area contributed by atoms with Gasteiger partial charge in [-0.05, 0) is 47.9 Å². The Kier molecular flexibility index (Phi) is 3.90. The summed E-state index contributed by atoms with van der Waals surface area (Å²) in [6.45, 7) is 0.597. The van der Waals surface area contributed by atoms with Crippen LogP contribution in [0.3, 0.4) is 0 Å². The third-order valence-electron chi connectivity index (χ3n) is 4.40. The van der Waals surface area contributed by atoms with E-state index < -0.39 is 5.82 Å². The minimum Gasteiger partial charge on any atom is -0.333 e. The highest BCUT2D eigenvalue weighted by atomic mass is 19.1. The number of anilines is 1. The number of amides is 2. The first-order valence-electron chi connectivity index (χ1n) is 8.27. The van der Waals surface area contributed by atoms with Gasteiger partial charge in [0.15, 0.2) is 5.82 Å². The summed E-state index contributed by atoms with van der Waals surface area (Å²) in [5.74, 6) is 0.0884. The van der Waals surface area contributed by atoms with Crippen molar-refractivity contribution < 1.29 is 14.0 Å². The van der Waals surface area contributed by atoms with Gasteiger partial charge in [-0.1, -0.05) is 0 Å². The van der Waals surface area contributed by atoms with Crippen molar-refractivity contribution in [3.05, 3.63) is 29.8 Å². The van der Waals surface area contributed by atoms with Crippen molar-refractivity contribution in [1.29, 1.82) is 0 Å². The van der Waals surface area contributed by atoms with Gasteiger partial charge in [-0.25, -0.2) is 4.39 Å². The molecule has 1 N–H and O–H groups in total. The maximum Gasteiger partial charge on any atom is 0.243 e. The molecule has 1 saturated heterocycles. The minimum atomic E-state index is -0.470. The van der Waals surface area contributed by atoms with Crippen LogP contribution < -0.4 is 5.32 Å². The normalized spacial score (nSPS) is 17.2. The second-order valence-corrected chi connectivity index (χ2v) is 6.36. The van der Waals surface area contributed by atoms with Crippen LogP contribution in [0, 0.1) is 5.82 Å². The molecule has 0 bridgehead atoms. The summed E-state index contributed by atoms with van der Waals surface area (Å²) in [6, 6.07) is 4.25. The lowest BCUT2D eigenvalue weighted by atomic mass is 10.2. The zero-order valence-corrected chi connectivity index (χ0v) is 13.5. The van der Waals surface area contributed by atoms with Gasteiger partial charge < -0.3 is 10.2 Å². The van der Waals surface area contributed by atoms with Crippen LogP contribution in [0.4, 0.5) is 10.1 Å². The first kappa shape index (κ1) is 15.7. The number of halogens is 1. The van der Waals surface area contributed by atoms with E-state index in [1.807, 2.05) is 0 Å². The molecular weight excluding hydrogens is 327 g/mol. The molecule has 130 valence electrons. The average molecular weight is 344 g/mol. The van der Waals surface area contributed by atoms with Crippen LogP contribution in [-0.2, 0) is 9.59 Å². The zero-order valence-electron chi connectivity index (χ0n) is 13.5. The average Bonchev–Trinajstić information content (AvgIpc) is 3.18. The topological polar surface area (TPSA) is 93.0 Å². The van der Waals surface area contributed by atoms with E-state index in [0.29, 0.717) is 24.5 Å². The first-order valence-corrected chi connectivity index (χ1v) is 8.27. The second kappa shape index (κ2) is 6.23. The smallest absolute Gasteiger partial charge is 0.243 e. The number of carbonyl (C=O) groups is 2. The summed E-state index contributed by atoms with van der Waals surface area (Å²) < 4.78 is 15.6. The van der Waals surface area contributed by atoms with Crippen LogP contribution in [0.15, 0.2) is 18.2 Å². The molecule has 1 aromatic heterocycles. The van der Waals surface area contributed by atoms with E-state index in [9.17, 15) is 14.0 Å². The quantitative estimate of drug-likeness (QED) is 0.881. The number of likely N-dealkylation sites (tertiary alicyclic amines) is 1. The van der Waals surface area contributed by atoms with Gasteiger partial charge in [0.05, 0.1) is 6.54 Å². The van der Waals surface area contributed by atoms with E-state index in [1.54, 1.807) is 0 Å². The van der Waals surface area contributed by atoms with E-state index in [-0.39, 0.29) is 30.0 Å². The highest BCUT2D eigenvalue weighted by Gasteiger charge is 2.30.